The second-order valence-corrected chi connectivity index (χ2v) is 6.88. The molecule has 2 heterocycles. The zero-order chi connectivity index (χ0) is 16.4. The van der Waals surface area contributed by atoms with E-state index in [1.54, 1.807) is 0 Å². The lowest BCUT2D eigenvalue weighted by molar-refractivity contribution is -0.119. The summed E-state index contributed by atoms with van der Waals surface area (Å²) in [4.78, 5) is 17.2. The second-order valence-electron chi connectivity index (χ2n) is 6.88. The molecule has 24 heavy (non-hydrogen) atoms. The van der Waals surface area contributed by atoms with E-state index in [2.05, 4.69) is 53.4 Å². The first-order valence-corrected chi connectivity index (χ1v) is 8.97. The van der Waals surface area contributed by atoms with Crippen molar-refractivity contribution in [2.45, 2.75) is 31.7 Å². The molecule has 2 aliphatic rings. The first-order valence-electron chi connectivity index (χ1n) is 8.97. The molecular weight excluding hydrogens is 296 g/mol. The van der Waals surface area contributed by atoms with Crippen LogP contribution in [-0.2, 0) is 17.6 Å². The van der Waals surface area contributed by atoms with Gasteiger partial charge >= 0.3 is 0 Å². The lowest BCUT2D eigenvalue weighted by Crippen LogP contribution is -2.42. The lowest BCUT2D eigenvalue weighted by atomic mass is 10.0. The van der Waals surface area contributed by atoms with Crippen LogP contribution in [0.1, 0.15) is 24.0 Å². The Kier molecular flexibility index (Phi) is 4.35. The number of nitrogens with zero attached hydrogens (tertiary/aromatic N) is 2. The number of benzene rings is 2. The van der Waals surface area contributed by atoms with Crippen molar-refractivity contribution >= 4 is 11.6 Å². The summed E-state index contributed by atoms with van der Waals surface area (Å²) in [6.45, 7) is 2.42. The van der Waals surface area contributed by atoms with E-state index >= 15 is 0 Å². The van der Waals surface area contributed by atoms with E-state index in [9.17, 15) is 4.79 Å². The Morgan fingerprint density at radius 1 is 1.00 bits per heavy atom. The lowest BCUT2D eigenvalue weighted by Gasteiger charge is -2.27. The molecular formula is C21H24N2O. The Balaban J connectivity index is 1.42. The number of carbonyl (C=O) groups is 1. The molecule has 0 aromatic heterocycles. The summed E-state index contributed by atoms with van der Waals surface area (Å²) >= 11 is 0. The van der Waals surface area contributed by atoms with Gasteiger partial charge in [-0.1, -0.05) is 48.5 Å². The molecule has 4 rings (SSSR count). The molecule has 0 N–H and O–H groups in total. The van der Waals surface area contributed by atoms with Crippen molar-refractivity contribution in [3.63, 3.8) is 0 Å². The summed E-state index contributed by atoms with van der Waals surface area (Å²) in [6, 6.07) is 19.4. The van der Waals surface area contributed by atoms with Crippen LogP contribution in [0.15, 0.2) is 54.6 Å². The van der Waals surface area contributed by atoms with E-state index in [0.29, 0.717) is 12.6 Å². The van der Waals surface area contributed by atoms with Gasteiger partial charge in [0.25, 0.3) is 0 Å². The Labute approximate surface area is 143 Å². The molecule has 1 amide bonds. The van der Waals surface area contributed by atoms with Gasteiger partial charge in [-0.3, -0.25) is 9.69 Å². The summed E-state index contributed by atoms with van der Waals surface area (Å²) in [5.74, 6) is 0.250. The minimum absolute atomic E-state index is 0.250. The normalized spacial score (nSPS) is 20.3. The Morgan fingerprint density at radius 3 is 2.67 bits per heavy atom. The van der Waals surface area contributed by atoms with Crippen LogP contribution >= 0.6 is 0 Å². The van der Waals surface area contributed by atoms with Crippen molar-refractivity contribution in [1.82, 2.24) is 4.90 Å². The van der Waals surface area contributed by atoms with Crippen LogP contribution in [0.25, 0.3) is 0 Å². The standard InChI is InChI=1S/C21H24N2O/c24-21(23-14-12-18-9-4-5-11-20(18)23)16-22-13-6-10-19(22)15-17-7-2-1-3-8-17/h1-5,7-9,11,19H,6,10,12-16H2/t19-/m1/s1. The number of likely N-dealkylation sites (tertiary alicyclic amines) is 1. The summed E-state index contributed by atoms with van der Waals surface area (Å²) in [5.41, 5.74) is 3.78. The highest BCUT2D eigenvalue weighted by Crippen LogP contribution is 2.28. The molecule has 124 valence electrons. The summed E-state index contributed by atoms with van der Waals surface area (Å²) < 4.78 is 0. The van der Waals surface area contributed by atoms with Crippen LogP contribution in [0.4, 0.5) is 5.69 Å². The van der Waals surface area contributed by atoms with Crippen molar-refractivity contribution in [3.05, 3.63) is 65.7 Å². The molecule has 2 aliphatic heterocycles. The van der Waals surface area contributed by atoms with Gasteiger partial charge in [-0.15, -0.1) is 0 Å². The molecule has 0 spiro atoms. The quantitative estimate of drug-likeness (QED) is 0.863. The predicted molar refractivity (Wildman–Crippen MR) is 97.2 cm³/mol. The Bertz CT molecular complexity index is 713. The molecule has 0 radical (unpaired) electrons. The molecule has 0 aliphatic carbocycles. The molecule has 0 saturated carbocycles. The minimum atomic E-state index is 0.250. The van der Waals surface area contributed by atoms with Crippen molar-refractivity contribution in [2.24, 2.45) is 0 Å². The highest BCUT2D eigenvalue weighted by Gasteiger charge is 2.30. The predicted octanol–water partition coefficient (Wildman–Crippen LogP) is 3.28. The fourth-order valence-corrected chi connectivity index (χ4v) is 4.08. The monoisotopic (exact) mass is 320 g/mol. The first kappa shape index (κ1) is 15.4. The summed E-state index contributed by atoms with van der Waals surface area (Å²) in [7, 11) is 0. The Hall–Kier alpha value is -2.13. The van der Waals surface area contributed by atoms with Crippen molar-refractivity contribution in [1.29, 1.82) is 0 Å². The van der Waals surface area contributed by atoms with Crippen LogP contribution in [-0.4, -0.2) is 36.5 Å². The van der Waals surface area contributed by atoms with Crippen LogP contribution in [0, 0.1) is 0 Å². The smallest absolute Gasteiger partial charge is 0.241 e. The fourth-order valence-electron chi connectivity index (χ4n) is 4.08. The molecule has 3 nitrogen and oxygen atoms in total. The van der Waals surface area contributed by atoms with Gasteiger partial charge in [0.05, 0.1) is 6.54 Å². The van der Waals surface area contributed by atoms with Gasteiger partial charge in [0, 0.05) is 18.3 Å². The number of hydrogen-bond donors (Lipinski definition) is 0. The number of para-hydroxylation sites is 1. The third-order valence-corrected chi connectivity index (χ3v) is 5.34. The van der Waals surface area contributed by atoms with Crippen LogP contribution in [0.2, 0.25) is 0 Å². The topological polar surface area (TPSA) is 23.6 Å². The molecule has 1 fully saturated rings. The Morgan fingerprint density at radius 2 is 1.79 bits per heavy atom. The maximum Gasteiger partial charge on any atom is 0.241 e. The summed E-state index contributed by atoms with van der Waals surface area (Å²) in [6.07, 6.45) is 4.42. The van der Waals surface area contributed by atoms with Crippen LogP contribution in [0.5, 0.6) is 0 Å². The molecule has 2 aromatic carbocycles. The van der Waals surface area contributed by atoms with E-state index in [1.165, 1.54) is 24.0 Å². The molecule has 0 bridgehead atoms. The van der Waals surface area contributed by atoms with E-state index in [0.717, 1.165) is 31.6 Å². The minimum Gasteiger partial charge on any atom is -0.311 e. The van der Waals surface area contributed by atoms with E-state index in [-0.39, 0.29) is 5.91 Å². The molecule has 3 heteroatoms. The fraction of sp³-hybridized carbons (Fsp3) is 0.381. The van der Waals surface area contributed by atoms with Gasteiger partial charge in [0.1, 0.15) is 0 Å². The number of hydrogen-bond acceptors (Lipinski definition) is 2. The van der Waals surface area contributed by atoms with E-state index in [1.807, 2.05) is 11.0 Å². The van der Waals surface area contributed by atoms with E-state index < -0.39 is 0 Å². The molecule has 1 saturated heterocycles. The maximum absolute atomic E-state index is 12.8. The number of carbonyl (C=O) groups excluding carboxylic acids is 1. The second kappa shape index (κ2) is 6.78. The maximum atomic E-state index is 12.8. The van der Waals surface area contributed by atoms with Crippen LogP contribution < -0.4 is 4.90 Å². The van der Waals surface area contributed by atoms with Crippen molar-refractivity contribution in [3.8, 4) is 0 Å². The van der Waals surface area contributed by atoms with Crippen molar-refractivity contribution in [2.75, 3.05) is 24.5 Å². The van der Waals surface area contributed by atoms with E-state index in [4.69, 9.17) is 0 Å². The van der Waals surface area contributed by atoms with Gasteiger partial charge in [-0.2, -0.15) is 0 Å². The van der Waals surface area contributed by atoms with Gasteiger partial charge in [0.15, 0.2) is 0 Å². The van der Waals surface area contributed by atoms with Gasteiger partial charge in [-0.05, 0) is 49.4 Å². The zero-order valence-electron chi connectivity index (χ0n) is 14.0. The number of amides is 1. The van der Waals surface area contributed by atoms with Crippen LogP contribution in [0.3, 0.4) is 0 Å². The largest absolute Gasteiger partial charge is 0.311 e. The molecule has 1 atom stereocenters. The van der Waals surface area contributed by atoms with Crippen molar-refractivity contribution < 1.29 is 4.79 Å². The van der Waals surface area contributed by atoms with Gasteiger partial charge in [-0.25, -0.2) is 0 Å². The molecule has 2 aromatic rings. The molecule has 0 unspecified atom stereocenters. The third-order valence-electron chi connectivity index (χ3n) is 5.34. The summed E-state index contributed by atoms with van der Waals surface area (Å²) in [5, 5.41) is 0. The highest BCUT2D eigenvalue weighted by molar-refractivity contribution is 5.96. The SMILES string of the molecule is O=C(CN1CCC[C@@H]1Cc1ccccc1)N1CCc2ccccc21. The van der Waals surface area contributed by atoms with Gasteiger partial charge in [0.2, 0.25) is 5.91 Å². The number of rotatable bonds is 4. The number of fused-ring (bicyclic) bond motifs is 1. The highest BCUT2D eigenvalue weighted by atomic mass is 16.2. The average Bonchev–Trinajstić information content (AvgIpc) is 3.23. The zero-order valence-corrected chi connectivity index (χ0v) is 14.0. The first-order chi connectivity index (χ1) is 11.8. The average molecular weight is 320 g/mol. The third kappa shape index (κ3) is 3.09. The van der Waals surface area contributed by atoms with Gasteiger partial charge < -0.3 is 4.90 Å². The number of anilines is 1.